The molecule has 4 nitrogen and oxygen atoms in total. The molecule has 0 atom stereocenters. The molecule has 2 aliphatic heterocycles. The number of hydrogen-bond acceptors (Lipinski definition) is 3. The van der Waals surface area contributed by atoms with Gasteiger partial charge in [-0.15, -0.1) is 0 Å². The fourth-order valence-electron chi connectivity index (χ4n) is 1.75. The first-order valence-electron chi connectivity index (χ1n) is 5.66. The molecular formula is C11H20N4. The molecule has 0 radical (unpaired) electrons. The Morgan fingerprint density at radius 2 is 2.20 bits per heavy atom. The molecule has 84 valence electrons. The summed E-state index contributed by atoms with van der Waals surface area (Å²) < 4.78 is 0. The van der Waals surface area contributed by atoms with Crippen LogP contribution in [0.4, 0.5) is 0 Å². The third-order valence-corrected chi connectivity index (χ3v) is 2.86. The molecular weight excluding hydrogens is 188 g/mol. The number of rotatable bonds is 5. The van der Waals surface area contributed by atoms with Crippen LogP contribution in [-0.2, 0) is 0 Å². The monoisotopic (exact) mass is 208 g/mol. The summed E-state index contributed by atoms with van der Waals surface area (Å²) in [7, 11) is 4.10. The van der Waals surface area contributed by atoms with Crippen molar-refractivity contribution in [3.8, 4) is 0 Å². The van der Waals surface area contributed by atoms with E-state index in [0.29, 0.717) is 0 Å². The zero-order valence-corrected chi connectivity index (χ0v) is 9.88. The topological polar surface area (TPSA) is 30.4 Å². The van der Waals surface area contributed by atoms with Crippen molar-refractivity contribution >= 4 is 5.84 Å². The van der Waals surface area contributed by atoms with Crippen molar-refractivity contribution in [3.63, 3.8) is 0 Å². The van der Waals surface area contributed by atoms with Crippen LogP contribution in [0.5, 0.6) is 0 Å². The number of amidine groups is 1. The summed E-state index contributed by atoms with van der Waals surface area (Å²) >= 11 is 0. The summed E-state index contributed by atoms with van der Waals surface area (Å²) in [6.07, 6.45) is 2.37. The van der Waals surface area contributed by atoms with Gasteiger partial charge >= 0.3 is 0 Å². The molecule has 0 aromatic rings. The van der Waals surface area contributed by atoms with E-state index in [4.69, 9.17) is 0 Å². The first-order chi connectivity index (χ1) is 7.24. The SMILES string of the molecule is CNCCC/C(C)=C1/C(=N\N2CC2)N1C. The Balaban J connectivity index is 1.89. The van der Waals surface area contributed by atoms with Gasteiger partial charge in [0.05, 0.1) is 18.8 Å². The predicted octanol–water partition coefficient (Wildman–Crippen LogP) is 0.835. The van der Waals surface area contributed by atoms with Crippen LogP contribution < -0.4 is 5.32 Å². The minimum atomic E-state index is 1.09. The van der Waals surface area contributed by atoms with Gasteiger partial charge in [-0.1, -0.05) is 0 Å². The smallest absolute Gasteiger partial charge is 0.176 e. The number of allylic oxidation sites excluding steroid dienone is 1. The molecule has 2 aliphatic rings. The molecule has 15 heavy (non-hydrogen) atoms. The minimum Gasteiger partial charge on any atom is -0.323 e. The van der Waals surface area contributed by atoms with Crippen molar-refractivity contribution in [2.24, 2.45) is 5.10 Å². The maximum absolute atomic E-state index is 4.51. The average Bonchev–Trinajstić information content (AvgIpc) is 3.09. The molecule has 2 heterocycles. The molecule has 2 fully saturated rings. The van der Waals surface area contributed by atoms with Crippen LogP contribution in [0.2, 0.25) is 0 Å². The van der Waals surface area contributed by atoms with Crippen LogP contribution >= 0.6 is 0 Å². The Labute approximate surface area is 91.6 Å². The highest BCUT2D eigenvalue weighted by Crippen LogP contribution is 2.30. The van der Waals surface area contributed by atoms with Crippen LogP contribution in [0, 0.1) is 0 Å². The molecule has 0 bridgehead atoms. The summed E-state index contributed by atoms with van der Waals surface area (Å²) in [6, 6.07) is 0. The van der Waals surface area contributed by atoms with Gasteiger partial charge in [-0.3, -0.25) is 5.01 Å². The lowest BCUT2D eigenvalue weighted by Crippen LogP contribution is -2.07. The Kier molecular flexibility index (Phi) is 2.95. The van der Waals surface area contributed by atoms with Crippen LogP contribution in [-0.4, -0.2) is 49.5 Å². The minimum absolute atomic E-state index is 1.09. The maximum Gasteiger partial charge on any atom is 0.176 e. The summed E-state index contributed by atoms with van der Waals surface area (Å²) in [5.41, 5.74) is 2.83. The van der Waals surface area contributed by atoms with Crippen molar-refractivity contribution in [1.82, 2.24) is 15.2 Å². The van der Waals surface area contributed by atoms with E-state index < -0.39 is 0 Å². The zero-order valence-electron chi connectivity index (χ0n) is 9.88. The second-order valence-corrected chi connectivity index (χ2v) is 4.27. The lowest BCUT2D eigenvalue weighted by atomic mass is 10.1. The lowest BCUT2D eigenvalue weighted by Gasteiger charge is -1.98. The third kappa shape index (κ3) is 2.50. The molecule has 0 aromatic heterocycles. The summed E-state index contributed by atoms with van der Waals surface area (Å²) in [6.45, 7) is 5.56. The molecule has 0 amide bonds. The fraction of sp³-hybridized carbons (Fsp3) is 0.727. The number of likely N-dealkylation sites (N-methyl/N-ethyl adjacent to an activating group) is 1. The van der Waals surface area contributed by atoms with Gasteiger partial charge in [-0.05, 0) is 38.9 Å². The van der Waals surface area contributed by atoms with Gasteiger partial charge in [0.25, 0.3) is 0 Å². The molecule has 0 saturated carbocycles. The van der Waals surface area contributed by atoms with Gasteiger partial charge < -0.3 is 10.2 Å². The van der Waals surface area contributed by atoms with Crippen LogP contribution in [0.25, 0.3) is 0 Å². The highest BCUT2D eigenvalue weighted by atomic mass is 15.6. The molecule has 1 N–H and O–H groups in total. The standard InChI is InChI=1S/C11H20N4/c1-9(5-4-6-12-2)10-11(14(10)3)13-15-7-8-15/h12H,4-8H2,1-3H3/b10-9-,13-11+. The highest BCUT2D eigenvalue weighted by molar-refractivity contribution is 6.14. The van der Waals surface area contributed by atoms with E-state index in [1.807, 2.05) is 7.05 Å². The summed E-state index contributed by atoms with van der Waals surface area (Å²) in [5, 5.41) is 9.78. The quantitative estimate of drug-likeness (QED) is 0.536. The van der Waals surface area contributed by atoms with Crippen molar-refractivity contribution in [2.45, 2.75) is 19.8 Å². The summed E-state index contributed by atoms with van der Waals surface area (Å²) in [4.78, 5) is 2.19. The van der Waals surface area contributed by atoms with Gasteiger partial charge in [0.1, 0.15) is 0 Å². The molecule has 2 rings (SSSR count). The maximum atomic E-state index is 4.51. The molecule has 2 saturated heterocycles. The molecule has 4 heteroatoms. The van der Waals surface area contributed by atoms with Gasteiger partial charge in [0.2, 0.25) is 0 Å². The van der Waals surface area contributed by atoms with Crippen LogP contribution in [0.1, 0.15) is 19.8 Å². The van der Waals surface area contributed by atoms with E-state index in [9.17, 15) is 0 Å². The van der Waals surface area contributed by atoms with Crippen molar-refractivity contribution in [1.29, 1.82) is 0 Å². The van der Waals surface area contributed by atoms with Gasteiger partial charge in [-0.2, -0.15) is 5.10 Å². The van der Waals surface area contributed by atoms with Crippen molar-refractivity contribution in [3.05, 3.63) is 11.3 Å². The van der Waals surface area contributed by atoms with Gasteiger partial charge in [0.15, 0.2) is 5.84 Å². The van der Waals surface area contributed by atoms with Crippen molar-refractivity contribution in [2.75, 3.05) is 33.7 Å². The normalized spacial score (nSPS) is 24.9. The Morgan fingerprint density at radius 3 is 2.80 bits per heavy atom. The first-order valence-corrected chi connectivity index (χ1v) is 5.66. The van der Waals surface area contributed by atoms with E-state index >= 15 is 0 Å². The van der Waals surface area contributed by atoms with Gasteiger partial charge in [-0.25, -0.2) is 0 Å². The molecule has 0 unspecified atom stereocenters. The largest absolute Gasteiger partial charge is 0.323 e. The van der Waals surface area contributed by atoms with E-state index in [1.54, 1.807) is 0 Å². The number of nitrogens with one attached hydrogen (secondary N) is 1. The third-order valence-electron chi connectivity index (χ3n) is 2.86. The van der Waals surface area contributed by atoms with Crippen molar-refractivity contribution < 1.29 is 0 Å². The predicted molar refractivity (Wildman–Crippen MR) is 62.6 cm³/mol. The van der Waals surface area contributed by atoms with Crippen LogP contribution in [0.15, 0.2) is 16.4 Å². The molecule has 0 spiro atoms. The summed E-state index contributed by atoms with van der Waals surface area (Å²) in [5.74, 6) is 1.18. The zero-order chi connectivity index (χ0) is 10.8. The van der Waals surface area contributed by atoms with E-state index in [0.717, 1.165) is 19.6 Å². The van der Waals surface area contributed by atoms with E-state index in [-0.39, 0.29) is 0 Å². The van der Waals surface area contributed by atoms with Gasteiger partial charge in [0, 0.05) is 7.05 Å². The van der Waals surface area contributed by atoms with E-state index in [2.05, 4.69) is 34.3 Å². The number of nitrogens with zero attached hydrogens (tertiary/aromatic N) is 3. The Hall–Kier alpha value is -1.03. The fourth-order valence-corrected chi connectivity index (χ4v) is 1.75. The van der Waals surface area contributed by atoms with E-state index in [1.165, 1.54) is 29.9 Å². The highest BCUT2D eigenvalue weighted by Gasteiger charge is 2.36. The average molecular weight is 208 g/mol. The second kappa shape index (κ2) is 4.23. The molecule has 0 aromatic carbocycles. The van der Waals surface area contributed by atoms with Crippen LogP contribution in [0.3, 0.4) is 0 Å². The Morgan fingerprint density at radius 1 is 1.47 bits per heavy atom. The lowest BCUT2D eigenvalue weighted by molar-refractivity contribution is 0.603. The Bertz CT molecular complexity index is 302. The number of hydrogen-bond donors (Lipinski definition) is 1. The first kappa shape index (κ1) is 10.5. The number of hydrazone groups is 1. The molecule has 0 aliphatic carbocycles. The second-order valence-electron chi connectivity index (χ2n) is 4.27.